The molecule has 6 heteroatoms. The third-order valence-electron chi connectivity index (χ3n) is 3.51. The van der Waals surface area contributed by atoms with Crippen molar-refractivity contribution in [3.05, 3.63) is 11.3 Å². The number of H-pyrrole nitrogens is 1. The number of hydrogen-bond acceptors (Lipinski definition) is 4. The lowest BCUT2D eigenvalue weighted by molar-refractivity contribution is -0.117. The first-order valence-electron chi connectivity index (χ1n) is 6.35. The Kier molecular flexibility index (Phi) is 3.98. The highest BCUT2D eigenvalue weighted by atomic mass is 16.2. The molecule has 0 saturated carbocycles. The zero-order valence-electron chi connectivity index (χ0n) is 11.0. The molecule has 0 aromatic carbocycles. The van der Waals surface area contributed by atoms with Crippen molar-refractivity contribution in [2.45, 2.75) is 32.7 Å². The number of anilines is 1. The van der Waals surface area contributed by atoms with E-state index in [9.17, 15) is 4.79 Å². The number of piperidine rings is 1. The summed E-state index contributed by atoms with van der Waals surface area (Å²) >= 11 is 0. The predicted octanol–water partition coefficient (Wildman–Crippen LogP) is 0.388. The molecule has 1 aliphatic rings. The summed E-state index contributed by atoms with van der Waals surface area (Å²) in [4.78, 5) is 14.0. The van der Waals surface area contributed by atoms with E-state index in [-0.39, 0.29) is 5.91 Å². The van der Waals surface area contributed by atoms with Crippen molar-refractivity contribution in [1.29, 1.82) is 0 Å². The summed E-state index contributed by atoms with van der Waals surface area (Å²) < 4.78 is 0. The highest BCUT2D eigenvalue weighted by Crippen LogP contribution is 2.14. The molecule has 2 heterocycles. The number of aromatic amines is 1. The van der Waals surface area contributed by atoms with Crippen LogP contribution in [0.5, 0.6) is 0 Å². The van der Waals surface area contributed by atoms with Crippen LogP contribution in [0.25, 0.3) is 0 Å². The molecule has 2 rings (SSSR count). The van der Waals surface area contributed by atoms with E-state index in [0.717, 1.165) is 37.2 Å². The van der Waals surface area contributed by atoms with Crippen LogP contribution in [0, 0.1) is 13.8 Å². The summed E-state index contributed by atoms with van der Waals surface area (Å²) in [7, 11) is 0. The standard InChI is InChI=1S/C12H21N5O/c1-8-9(2)15-16-12(8)14-11(18)7-17-5-3-10(13)4-6-17/h10H,3-7,13H2,1-2H3,(H2,14,15,16,18). The van der Waals surface area contributed by atoms with Gasteiger partial charge in [-0.3, -0.25) is 14.8 Å². The van der Waals surface area contributed by atoms with Crippen molar-refractivity contribution < 1.29 is 4.79 Å². The number of nitrogens with two attached hydrogens (primary N) is 1. The van der Waals surface area contributed by atoms with Gasteiger partial charge < -0.3 is 11.1 Å². The van der Waals surface area contributed by atoms with Crippen molar-refractivity contribution in [3.63, 3.8) is 0 Å². The second-order valence-electron chi connectivity index (χ2n) is 4.98. The van der Waals surface area contributed by atoms with Crippen molar-refractivity contribution in [1.82, 2.24) is 15.1 Å². The smallest absolute Gasteiger partial charge is 0.239 e. The van der Waals surface area contributed by atoms with Gasteiger partial charge >= 0.3 is 0 Å². The molecular weight excluding hydrogens is 230 g/mol. The Morgan fingerprint density at radius 3 is 2.72 bits per heavy atom. The molecule has 0 bridgehead atoms. The zero-order valence-corrected chi connectivity index (χ0v) is 11.0. The van der Waals surface area contributed by atoms with Crippen LogP contribution in [0.4, 0.5) is 5.82 Å². The number of carbonyl (C=O) groups excluding carboxylic acids is 1. The van der Waals surface area contributed by atoms with Crippen LogP contribution < -0.4 is 11.1 Å². The first kappa shape index (κ1) is 13.0. The van der Waals surface area contributed by atoms with E-state index < -0.39 is 0 Å². The molecule has 18 heavy (non-hydrogen) atoms. The lowest BCUT2D eigenvalue weighted by atomic mass is 10.1. The Balaban J connectivity index is 1.84. The number of amides is 1. The average Bonchev–Trinajstić information content (AvgIpc) is 2.64. The monoisotopic (exact) mass is 251 g/mol. The number of aryl methyl sites for hydroxylation is 1. The van der Waals surface area contributed by atoms with Crippen LogP contribution in [-0.4, -0.2) is 46.7 Å². The number of hydrogen-bond donors (Lipinski definition) is 3. The second-order valence-corrected chi connectivity index (χ2v) is 4.98. The van der Waals surface area contributed by atoms with Gasteiger partial charge in [-0.25, -0.2) is 0 Å². The summed E-state index contributed by atoms with van der Waals surface area (Å²) in [6.45, 7) is 6.08. The van der Waals surface area contributed by atoms with E-state index >= 15 is 0 Å². The fraction of sp³-hybridized carbons (Fsp3) is 0.667. The quantitative estimate of drug-likeness (QED) is 0.725. The van der Waals surface area contributed by atoms with Gasteiger partial charge in [0.25, 0.3) is 0 Å². The largest absolute Gasteiger partial charge is 0.328 e. The van der Waals surface area contributed by atoms with Gasteiger partial charge in [-0.1, -0.05) is 0 Å². The maximum atomic E-state index is 11.9. The normalized spacial score (nSPS) is 17.9. The highest BCUT2D eigenvalue weighted by molar-refractivity contribution is 5.92. The topological polar surface area (TPSA) is 87.0 Å². The lowest BCUT2D eigenvalue weighted by Crippen LogP contribution is -2.43. The van der Waals surface area contributed by atoms with E-state index in [2.05, 4.69) is 20.4 Å². The molecule has 1 saturated heterocycles. The van der Waals surface area contributed by atoms with E-state index in [1.165, 1.54) is 0 Å². The van der Waals surface area contributed by atoms with Crippen LogP contribution in [0.2, 0.25) is 0 Å². The molecule has 100 valence electrons. The first-order valence-corrected chi connectivity index (χ1v) is 6.35. The van der Waals surface area contributed by atoms with Gasteiger partial charge in [-0.15, -0.1) is 0 Å². The van der Waals surface area contributed by atoms with Gasteiger partial charge in [0.2, 0.25) is 5.91 Å². The van der Waals surface area contributed by atoms with Gasteiger partial charge in [0, 0.05) is 30.4 Å². The Labute approximate surface area is 107 Å². The van der Waals surface area contributed by atoms with Crippen LogP contribution in [0.1, 0.15) is 24.1 Å². The number of carbonyl (C=O) groups is 1. The van der Waals surface area contributed by atoms with Gasteiger partial charge in [0.05, 0.1) is 6.54 Å². The molecule has 1 aliphatic heterocycles. The number of aromatic nitrogens is 2. The molecule has 0 unspecified atom stereocenters. The lowest BCUT2D eigenvalue weighted by Gasteiger charge is -2.29. The average molecular weight is 251 g/mol. The second kappa shape index (κ2) is 5.49. The molecule has 1 fully saturated rings. The van der Waals surface area contributed by atoms with E-state index in [4.69, 9.17) is 5.73 Å². The van der Waals surface area contributed by atoms with Gasteiger partial charge in [-0.05, 0) is 26.7 Å². The van der Waals surface area contributed by atoms with Crippen molar-refractivity contribution in [2.24, 2.45) is 5.73 Å². The van der Waals surface area contributed by atoms with Gasteiger partial charge in [0.1, 0.15) is 0 Å². The van der Waals surface area contributed by atoms with Crippen LogP contribution in [0.3, 0.4) is 0 Å². The summed E-state index contributed by atoms with van der Waals surface area (Å²) in [6.07, 6.45) is 1.93. The van der Waals surface area contributed by atoms with Crippen molar-refractivity contribution in [2.75, 3.05) is 25.0 Å². The molecule has 0 atom stereocenters. The first-order chi connectivity index (χ1) is 8.56. The van der Waals surface area contributed by atoms with Crippen LogP contribution >= 0.6 is 0 Å². The third-order valence-corrected chi connectivity index (χ3v) is 3.51. The van der Waals surface area contributed by atoms with Gasteiger partial charge in [0.15, 0.2) is 5.82 Å². The maximum Gasteiger partial charge on any atom is 0.239 e. The highest BCUT2D eigenvalue weighted by Gasteiger charge is 2.19. The molecule has 1 amide bonds. The Morgan fingerprint density at radius 1 is 1.50 bits per heavy atom. The van der Waals surface area contributed by atoms with Crippen molar-refractivity contribution in [3.8, 4) is 0 Å². The van der Waals surface area contributed by atoms with Crippen LogP contribution in [-0.2, 0) is 4.79 Å². The molecule has 1 aromatic rings. The maximum absolute atomic E-state index is 11.9. The molecule has 4 N–H and O–H groups in total. The Morgan fingerprint density at radius 2 is 2.17 bits per heavy atom. The van der Waals surface area contributed by atoms with Gasteiger partial charge in [-0.2, -0.15) is 5.10 Å². The summed E-state index contributed by atoms with van der Waals surface area (Å²) in [5.74, 6) is 0.617. The van der Waals surface area contributed by atoms with Crippen LogP contribution in [0.15, 0.2) is 0 Å². The number of nitrogens with zero attached hydrogens (tertiary/aromatic N) is 2. The Bertz CT molecular complexity index is 420. The summed E-state index contributed by atoms with van der Waals surface area (Å²) in [5.41, 5.74) is 7.80. The van der Waals surface area contributed by atoms with E-state index in [1.54, 1.807) is 0 Å². The minimum atomic E-state index is -0.0138. The molecule has 0 aliphatic carbocycles. The summed E-state index contributed by atoms with van der Waals surface area (Å²) in [5, 5.41) is 9.76. The Hall–Kier alpha value is -1.40. The minimum Gasteiger partial charge on any atom is -0.328 e. The minimum absolute atomic E-state index is 0.0138. The number of rotatable bonds is 3. The molecule has 6 nitrogen and oxygen atoms in total. The summed E-state index contributed by atoms with van der Waals surface area (Å²) in [6, 6.07) is 0.292. The fourth-order valence-electron chi connectivity index (χ4n) is 2.09. The number of nitrogens with one attached hydrogen (secondary N) is 2. The van der Waals surface area contributed by atoms with E-state index in [1.807, 2.05) is 13.8 Å². The SMILES string of the molecule is Cc1[nH]nc(NC(=O)CN2CCC(N)CC2)c1C. The fourth-order valence-corrected chi connectivity index (χ4v) is 2.09. The van der Waals surface area contributed by atoms with E-state index in [0.29, 0.717) is 18.4 Å². The number of likely N-dealkylation sites (tertiary alicyclic amines) is 1. The van der Waals surface area contributed by atoms with Crippen molar-refractivity contribution >= 4 is 11.7 Å². The zero-order chi connectivity index (χ0) is 13.1. The molecule has 0 spiro atoms. The third kappa shape index (κ3) is 3.08. The molecule has 0 radical (unpaired) electrons. The molecule has 1 aromatic heterocycles. The predicted molar refractivity (Wildman–Crippen MR) is 70.3 cm³/mol. The molecular formula is C12H21N5O.